The van der Waals surface area contributed by atoms with Crippen LogP contribution in [0.2, 0.25) is 0 Å². The third kappa shape index (κ3) is 2.10. The lowest BCUT2D eigenvalue weighted by atomic mass is 9.58. The van der Waals surface area contributed by atoms with Crippen molar-refractivity contribution in [2.45, 2.75) is 6.18 Å². The highest BCUT2D eigenvalue weighted by Gasteiger charge is 2.63. The van der Waals surface area contributed by atoms with Gasteiger partial charge in [0.05, 0.1) is 18.9 Å². The molecule has 0 radical (unpaired) electrons. The molecule has 20 heavy (non-hydrogen) atoms. The van der Waals surface area contributed by atoms with Crippen LogP contribution in [-0.4, -0.2) is 54.2 Å². The second-order valence-corrected chi connectivity index (χ2v) is 4.95. The van der Waals surface area contributed by atoms with Crippen molar-refractivity contribution in [2.75, 3.05) is 20.2 Å². The fraction of sp³-hybridized carbons (Fsp3) is 0.727. The molecule has 0 aromatic rings. The number of hydrogen-bond acceptors (Lipinski definition) is 4. The monoisotopic (exact) mass is 295 g/mol. The molecule has 112 valence electrons. The van der Waals surface area contributed by atoms with E-state index in [-0.39, 0.29) is 13.1 Å². The summed E-state index contributed by atoms with van der Waals surface area (Å²) in [6.07, 6.45) is -5.00. The van der Waals surface area contributed by atoms with E-state index in [0.717, 1.165) is 7.11 Å². The van der Waals surface area contributed by atoms with Crippen LogP contribution < -0.4 is 0 Å². The highest BCUT2D eigenvalue weighted by molar-refractivity contribution is 5.86. The Kier molecular flexibility index (Phi) is 3.39. The molecular weight excluding hydrogens is 283 g/mol. The first-order valence-corrected chi connectivity index (χ1v) is 5.85. The maximum absolute atomic E-state index is 12.4. The maximum atomic E-state index is 12.4. The molecule has 6 nitrogen and oxygen atoms in total. The Morgan fingerprint density at radius 2 is 1.65 bits per heavy atom. The molecule has 0 aromatic carbocycles. The van der Waals surface area contributed by atoms with E-state index >= 15 is 0 Å². The van der Waals surface area contributed by atoms with Crippen LogP contribution in [0.1, 0.15) is 0 Å². The van der Waals surface area contributed by atoms with Gasteiger partial charge in [-0.2, -0.15) is 13.2 Å². The van der Waals surface area contributed by atoms with Crippen molar-refractivity contribution in [1.29, 1.82) is 0 Å². The Bertz CT molecular complexity index is 463. The van der Waals surface area contributed by atoms with Crippen molar-refractivity contribution in [3.63, 3.8) is 0 Å². The number of nitrogens with zero attached hydrogens (tertiary/aromatic N) is 1. The molecule has 0 spiro atoms. The standard InChI is InChI=1S/C11H12F3NO5/c1-20-9(18)7-5-3-15(10(19)11(12,13)14)2-4(5)6(7)8(16)17/h4-7H,2-3H2,1H3,(H,16,17)/t4-,5+,6+,7-/m1/s1. The number of carbonyl (C=O) groups is 3. The number of alkyl halides is 3. The lowest BCUT2D eigenvalue weighted by Crippen LogP contribution is -2.53. The number of esters is 1. The average Bonchev–Trinajstić information content (AvgIpc) is 2.66. The molecule has 9 heteroatoms. The Morgan fingerprint density at radius 1 is 1.15 bits per heavy atom. The summed E-state index contributed by atoms with van der Waals surface area (Å²) in [5.74, 6) is -7.34. The van der Waals surface area contributed by atoms with Gasteiger partial charge in [0.2, 0.25) is 0 Å². The number of fused-ring (bicyclic) bond motifs is 1. The average molecular weight is 295 g/mol. The van der Waals surface area contributed by atoms with Gasteiger partial charge in [0, 0.05) is 13.1 Å². The zero-order valence-electron chi connectivity index (χ0n) is 10.4. The smallest absolute Gasteiger partial charge is 0.471 e. The van der Waals surface area contributed by atoms with Gasteiger partial charge in [-0.05, 0) is 11.8 Å². The van der Waals surface area contributed by atoms with Crippen LogP contribution in [0.15, 0.2) is 0 Å². The van der Waals surface area contributed by atoms with Gasteiger partial charge >= 0.3 is 24.0 Å². The maximum Gasteiger partial charge on any atom is 0.471 e. The quantitative estimate of drug-likeness (QED) is 0.732. The lowest BCUT2D eigenvalue weighted by molar-refractivity contribution is -0.184. The van der Waals surface area contributed by atoms with Crippen molar-refractivity contribution in [3.05, 3.63) is 0 Å². The summed E-state index contributed by atoms with van der Waals surface area (Å²) in [4.78, 5) is 34.3. The summed E-state index contributed by atoms with van der Waals surface area (Å²) in [5, 5.41) is 9.05. The molecule has 1 heterocycles. The summed E-state index contributed by atoms with van der Waals surface area (Å²) in [7, 11) is 1.09. The molecule has 1 saturated heterocycles. The van der Waals surface area contributed by atoms with Crippen LogP contribution in [-0.2, 0) is 19.1 Å². The van der Waals surface area contributed by atoms with Gasteiger partial charge in [-0.15, -0.1) is 0 Å². The molecule has 2 rings (SSSR count). The summed E-state index contributed by atoms with van der Waals surface area (Å²) >= 11 is 0. The first-order chi connectivity index (χ1) is 9.18. The predicted molar refractivity (Wildman–Crippen MR) is 56.2 cm³/mol. The second kappa shape index (κ2) is 4.64. The van der Waals surface area contributed by atoms with Gasteiger partial charge in [-0.1, -0.05) is 0 Å². The minimum atomic E-state index is -5.00. The van der Waals surface area contributed by atoms with Gasteiger partial charge in [0.25, 0.3) is 0 Å². The number of likely N-dealkylation sites (tertiary alicyclic amines) is 1. The fourth-order valence-corrected chi connectivity index (χ4v) is 3.14. The van der Waals surface area contributed by atoms with Crippen molar-refractivity contribution < 1.29 is 37.4 Å². The number of carboxylic acids is 1. The van der Waals surface area contributed by atoms with Crippen LogP contribution in [0, 0.1) is 23.7 Å². The SMILES string of the molecule is COC(=O)[C@@H]1[C@H]2CN(C(=O)C(F)(F)F)C[C@H]2[C@@H]1C(=O)O. The van der Waals surface area contributed by atoms with Crippen molar-refractivity contribution in [2.24, 2.45) is 23.7 Å². The lowest BCUT2D eigenvalue weighted by Gasteiger charge is -2.43. The molecule has 0 aromatic heterocycles. The topological polar surface area (TPSA) is 83.9 Å². The number of methoxy groups -OCH3 is 1. The number of halogens is 3. The summed E-state index contributed by atoms with van der Waals surface area (Å²) in [6, 6.07) is 0. The Labute approximate surface area is 111 Å². The molecule has 1 aliphatic heterocycles. The Morgan fingerprint density at radius 3 is 2.05 bits per heavy atom. The van der Waals surface area contributed by atoms with Gasteiger partial charge in [0.15, 0.2) is 0 Å². The minimum Gasteiger partial charge on any atom is -0.481 e. The van der Waals surface area contributed by atoms with Crippen molar-refractivity contribution in [1.82, 2.24) is 4.90 Å². The number of hydrogen-bond donors (Lipinski definition) is 1. The second-order valence-electron chi connectivity index (χ2n) is 4.95. The number of ether oxygens (including phenoxy) is 1. The van der Waals surface area contributed by atoms with Crippen LogP contribution in [0.5, 0.6) is 0 Å². The van der Waals surface area contributed by atoms with E-state index in [1.807, 2.05) is 0 Å². The fourth-order valence-electron chi connectivity index (χ4n) is 3.14. The molecule has 0 unspecified atom stereocenters. The first kappa shape index (κ1) is 14.6. The Balaban J connectivity index is 2.15. The zero-order valence-corrected chi connectivity index (χ0v) is 10.4. The number of carboxylic acid groups (broad SMARTS) is 1. The molecule has 1 aliphatic carbocycles. The van der Waals surface area contributed by atoms with Crippen molar-refractivity contribution >= 4 is 17.8 Å². The summed E-state index contributed by atoms with van der Waals surface area (Å²) < 4.78 is 41.5. The molecule has 1 N–H and O–H groups in total. The van der Waals surface area contributed by atoms with Gasteiger partial charge < -0.3 is 14.7 Å². The highest BCUT2D eigenvalue weighted by atomic mass is 19.4. The largest absolute Gasteiger partial charge is 0.481 e. The predicted octanol–water partition coefficient (Wildman–Crippen LogP) is 0.127. The van der Waals surface area contributed by atoms with E-state index in [1.54, 1.807) is 0 Å². The van der Waals surface area contributed by atoms with Gasteiger partial charge in [-0.3, -0.25) is 14.4 Å². The van der Waals surface area contributed by atoms with Crippen LogP contribution in [0.3, 0.4) is 0 Å². The molecule has 0 bridgehead atoms. The van der Waals surface area contributed by atoms with E-state index in [2.05, 4.69) is 4.74 Å². The van der Waals surface area contributed by atoms with Crippen LogP contribution in [0.4, 0.5) is 13.2 Å². The minimum absolute atomic E-state index is 0.271. The van der Waals surface area contributed by atoms with E-state index in [4.69, 9.17) is 5.11 Å². The molecule has 4 atom stereocenters. The molecule has 2 aliphatic rings. The number of amides is 1. The Hall–Kier alpha value is -1.80. The normalized spacial score (nSPS) is 32.3. The van der Waals surface area contributed by atoms with Crippen LogP contribution in [0.25, 0.3) is 0 Å². The summed E-state index contributed by atoms with van der Waals surface area (Å²) in [6.45, 7) is -0.569. The van der Waals surface area contributed by atoms with E-state index in [9.17, 15) is 27.6 Å². The van der Waals surface area contributed by atoms with E-state index in [1.165, 1.54) is 0 Å². The van der Waals surface area contributed by atoms with E-state index < -0.39 is 47.7 Å². The van der Waals surface area contributed by atoms with Crippen molar-refractivity contribution in [3.8, 4) is 0 Å². The molecule has 1 saturated carbocycles. The third-order valence-electron chi connectivity index (χ3n) is 4.01. The number of rotatable bonds is 2. The zero-order chi connectivity index (χ0) is 15.2. The number of carbonyl (C=O) groups excluding carboxylic acids is 2. The van der Waals surface area contributed by atoms with E-state index in [0.29, 0.717) is 4.90 Å². The summed E-state index contributed by atoms with van der Waals surface area (Å²) in [5.41, 5.74) is 0. The highest BCUT2D eigenvalue weighted by Crippen LogP contribution is 2.51. The number of aliphatic carboxylic acids is 1. The van der Waals surface area contributed by atoms with Gasteiger partial charge in [-0.25, -0.2) is 0 Å². The van der Waals surface area contributed by atoms with Crippen LogP contribution >= 0.6 is 0 Å². The third-order valence-corrected chi connectivity index (χ3v) is 4.01. The molecule has 2 fully saturated rings. The molecular formula is C11H12F3NO5. The molecule has 1 amide bonds. The van der Waals surface area contributed by atoms with Gasteiger partial charge in [0.1, 0.15) is 0 Å². The first-order valence-electron chi connectivity index (χ1n) is 5.85.